The molecule has 3 aromatic rings. The Bertz CT molecular complexity index is 732. The van der Waals surface area contributed by atoms with E-state index in [1.165, 1.54) is 0 Å². The van der Waals surface area contributed by atoms with E-state index in [0.717, 1.165) is 11.3 Å². The number of hydrogen-bond acceptors (Lipinski definition) is 4. The first kappa shape index (κ1) is 12.6. The largest absolute Gasteiger partial charge is 0.384 e. The Labute approximate surface area is 121 Å². The van der Waals surface area contributed by atoms with Gasteiger partial charge in [-0.05, 0) is 6.92 Å². The number of hydrogen-bond donors (Lipinski definition) is 1. The molecule has 0 amide bonds. The second-order valence-corrected chi connectivity index (χ2v) is 4.75. The third kappa shape index (κ3) is 2.35. The smallest absolute Gasteiger partial charge is 0.163 e. The minimum atomic E-state index is 0.387. The Morgan fingerprint density at radius 2 is 1.90 bits per heavy atom. The molecule has 100 valence electrons. The van der Waals surface area contributed by atoms with Gasteiger partial charge < -0.3 is 5.73 Å². The fourth-order valence-electron chi connectivity index (χ4n) is 1.84. The Kier molecular flexibility index (Phi) is 3.12. The summed E-state index contributed by atoms with van der Waals surface area (Å²) >= 11 is 6.02. The van der Waals surface area contributed by atoms with E-state index in [2.05, 4.69) is 15.1 Å². The number of nitrogens with zero attached hydrogens (tertiary/aromatic N) is 4. The third-order valence-electron chi connectivity index (χ3n) is 2.84. The zero-order chi connectivity index (χ0) is 14.1. The average molecular weight is 286 g/mol. The second-order valence-electron chi connectivity index (χ2n) is 4.35. The number of benzene rings is 1. The summed E-state index contributed by atoms with van der Waals surface area (Å²) in [4.78, 5) is 8.73. The molecule has 0 aliphatic heterocycles. The fourth-order valence-corrected chi connectivity index (χ4v) is 1.97. The Hall–Kier alpha value is -2.40. The lowest BCUT2D eigenvalue weighted by Crippen LogP contribution is -2.04. The first-order valence-corrected chi connectivity index (χ1v) is 6.43. The van der Waals surface area contributed by atoms with E-state index in [9.17, 15) is 0 Å². The maximum absolute atomic E-state index is 6.02. The summed E-state index contributed by atoms with van der Waals surface area (Å²) in [5.74, 6) is 1.54. The number of aryl methyl sites for hydroxylation is 1. The quantitative estimate of drug-likeness (QED) is 0.786. The molecule has 0 aliphatic rings. The first-order valence-electron chi connectivity index (χ1n) is 6.05. The lowest BCUT2D eigenvalue weighted by Gasteiger charge is -2.05. The van der Waals surface area contributed by atoms with Crippen molar-refractivity contribution in [2.24, 2.45) is 0 Å². The van der Waals surface area contributed by atoms with Crippen LogP contribution >= 0.6 is 11.6 Å². The van der Waals surface area contributed by atoms with Crippen molar-refractivity contribution in [3.05, 3.63) is 53.3 Å². The number of halogens is 1. The molecule has 6 heteroatoms. The highest BCUT2D eigenvalue weighted by molar-refractivity contribution is 6.31. The molecule has 1 aromatic carbocycles. The lowest BCUT2D eigenvalue weighted by atomic mass is 10.2. The molecule has 0 bridgehead atoms. The molecule has 0 aliphatic carbocycles. The van der Waals surface area contributed by atoms with Crippen molar-refractivity contribution in [2.45, 2.75) is 6.92 Å². The molecule has 0 fully saturated rings. The molecular formula is C14H12ClN5. The van der Waals surface area contributed by atoms with Gasteiger partial charge in [-0.3, -0.25) is 0 Å². The van der Waals surface area contributed by atoms with E-state index in [0.29, 0.717) is 22.5 Å². The van der Waals surface area contributed by atoms with Crippen molar-refractivity contribution in [1.29, 1.82) is 0 Å². The number of nitrogens with two attached hydrogens (primary N) is 1. The Balaban J connectivity index is 2.12. The molecular weight excluding hydrogens is 274 g/mol. The van der Waals surface area contributed by atoms with Crippen LogP contribution in [0.4, 0.5) is 5.82 Å². The minimum Gasteiger partial charge on any atom is -0.384 e. The first-order chi connectivity index (χ1) is 9.63. The summed E-state index contributed by atoms with van der Waals surface area (Å²) in [6, 6.07) is 11.3. The van der Waals surface area contributed by atoms with Crippen molar-refractivity contribution >= 4 is 17.4 Å². The molecule has 0 radical (unpaired) electrons. The van der Waals surface area contributed by atoms with E-state index in [1.807, 2.05) is 37.3 Å². The minimum absolute atomic E-state index is 0.387. The zero-order valence-electron chi connectivity index (χ0n) is 10.8. The van der Waals surface area contributed by atoms with Crippen molar-refractivity contribution in [2.75, 3.05) is 5.73 Å². The van der Waals surface area contributed by atoms with Crippen LogP contribution in [0, 0.1) is 6.92 Å². The van der Waals surface area contributed by atoms with Crippen LogP contribution in [0.2, 0.25) is 5.02 Å². The summed E-state index contributed by atoms with van der Waals surface area (Å²) in [6.07, 6.45) is 1.70. The Morgan fingerprint density at radius 1 is 1.15 bits per heavy atom. The van der Waals surface area contributed by atoms with Gasteiger partial charge in [0.15, 0.2) is 11.6 Å². The third-order valence-corrected chi connectivity index (χ3v) is 3.21. The van der Waals surface area contributed by atoms with Crippen LogP contribution in [0.15, 0.2) is 42.6 Å². The van der Waals surface area contributed by atoms with Gasteiger partial charge in [0.05, 0.1) is 16.9 Å². The topological polar surface area (TPSA) is 69.6 Å². The van der Waals surface area contributed by atoms with E-state index >= 15 is 0 Å². The van der Waals surface area contributed by atoms with Gasteiger partial charge in [0.25, 0.3) is 0 Å². The van der Waals surface area contributed by atoms with Crippen molar-refractivity contribution in [3.8, 4) is 17.2 Å². The summed E-state index contributed by atoms with van der Waals surface area (Å²) < 4.78 is 1.60. The van der Waals surface area contributed by atoms with Gasteiger partial charge in [-0.15, -0.1) is 0 Å². The van der Waals surface area contributed by atoms with Crippen LogP contribution < -0.4 is 5.73 Å². The molecule has 0 saturated heterocycles. The molecule has 0 saturated carbocycles. The maximum atomic E-state index is 6.02. The number of anilines is 1. The number of rotatable bonds is 2. The van der Waals surface area contributed by atoms with Gasteiger partial charge in [0.2, 0.25) is 0 Å². The molecule has 0 spiro atoms. The summed E-state index contributed by atoms with van der Waals surface area (Å²) in [5.41, 5.74) is 7.49. The van der Waals surface area contributed by atoms with E-state index in [1.54, 1.807) is 16.9 Å². The fraction of sp³-hybridized carbons (Fsp3) is 0.0714. The highest BCUT2D eigenvalue weighted by Gasteiger charge is 2.09. The van der Waals surface area contributed by atoms with Gasteiger partial charge >= 0.3 is 0 Å². The summed E-state index contributed by atoms with van der Waals surface area (Å²) in [7, 11) is 0. The molecule has 5 nitrogen and oxygen atoms in total. The van der Waals surface area contributed by atoms with Gasteiger partial charge in [-0.1, -0.05) is 41.9 Å². The standard InChI is InChI=1S/C14H12ClN5/c1-9-11(15)8-20(19-9)13-7-12(16)17-14(18-13)10-5-3-2-4-6-10/h2-8H,1H3,(H2,16,17,18). The van der Waals surface area contributed by atoms with Crippen molar-refractivity contribution < 1.29 is 0 Å². The normalized spacial score (nSPS) is 10.7. The van der Waals surface area contributed by atoms with Crippen LogP contribution in [-0.4, -0.2) is 19.7 Å². The van der Waals surface area contributed by atoms with Crippen LogP contribution in [0.25, 0.3) is 17.2 Å². The van der Waals surface area contributed by atoms with Crippen LogP contribution in [0.1, 0.15) is 5.69 Å². The number of nitrogen functional groups attached to an aromatic ring is 1. The maximum Gasteiger partial charge on any atom is 0.163 e. The van der Waals surface area contributed by atoms with E-state index < -0.39 is 0 Å². The SMILES string of the molecule is Cc1nn(-c2cc(N)nc(-c3ccccc3)n2)cc1Cl. The van der Waals surface area contributed by atoms with Gasteiger partial charge in [-0.25, -0.2) is 14.6 Å². The molecule has 0 atom stereocenters. The monoisotopic (exact) mass is 285 g/mol. The van der Waals surface area contributed by atoms with Crippen molar-refractivity contribution in [3.63, 3.8) is 0 Å². The molecule has 2 N–H and O–H groups in total. The van der Waals surface area contributed by atoms with Crippen molar-refractivity contribution in [1.82, 2.24) is 19.7 Å². The average Bonchev–Trinajstić information content (AvgIpc) is 2.79. The van der Waals surface area contributed by atoms with E-state index in [4.69, 9.17) is 17.3 Å². The molecule has 2 aromatic heterocycles. The molecule has 20 heavy (non-hydrogen) atoms. The predicted octanol–water partition coefficient (Wildman–Crippen LogP) is 2.87. The van der Waals surface area contributed by atoms with Crippen LogP contribution in [0.5, 0.6) is 0 Å². The highest BCUT2D eigenvalue weighted by atomic mass is 35.5. The van der Waals surface area contributed by atoms with Gasteiger partial charge in [-0.2, -0.15) is 5.10 Å². The molecule has 0 unspecified atom stereocenters. The van der Waals surface area contributed by atoms with Crippen LogP contribution in [0.3, 0.4) is 0 Å². The predicted molar refractivity (Wildman–Crippen MR) is 78.7 cm³/mol. The molecule has 3 rings (SSSR count). The van der Waals surface area contributed by atoms with E-state index in [-0.39, 0.29) is 0 Å². The highest BCUT2D eigenvalue weighted by Crippen LogP contribution is 2.20. The Morgan fingerprint density at radius 3 is 2.55 bits per heavy atom. The summed E-state index contributed by atoms with van der Waals surface area (Å²) in [5, 5.41) is 4.88. The number of aromatic nitrogens is 4. The molecule has 2 heterocycles. The van der Waals surface area contributed by atoms with Crippen LogP contribution in [-0.2, 0) is 0 Å². The lowest BCUT2D eigenvalue weighted by molar-refractivity contribution is 0.829. The second kappa shape index (κ2) is 4.94. The van der Waals surface area contributed by atoms with Gasteiger partial charge in [0.1, 0.15) is 5.82 Å². The van der Waals surface area contributed by atoms with Gasteiger partial charge in [0, 0.05) is 11.6 Å². The summed E-state index contributed by atoms with van der Waals surface area (Å²) in [6.45, 7) is 1.83. The zero-order valence-corrected chi connectivity index (χ0v) is 11.5.